The molecule has 1 saturated heterocycles. The minimum atomic E-state index is -3.78. The van der Waals surface area contributed by atoms with Gasteiger partial charge >= 0.3 is 0 Å². The number of nitrogens with two attached hydrogens (primary N) is 2. The van der Waals surface area contributed by atoms with E-state index < -0.39 is 10.0 Å². The number of anilines is 1. The minimum absolute atomic E-state index is 0.0779. The van der Waals surface area contributed by atoms with Crippen LogP contribution < -0.4 is 15.6 Å². The molecule has 106 valence electrons. The van der Waals surface area contributed by atoms with Crippen LogP contribution in [0.2, 0.25) is 0 Å². The lowest BCUT2D eigenvalue weighted by Gasteiger charge is -2.22. The molecule has 0 saturated carbocycles. The number of hydrogen-bond acceptors (Lipinski definition) is 5. The van der Waals surface area contributed by atoms with E-state index in [1.807, 2.05) is 0 Å². The second-order valence-corrected chi connectivity index (χ2v) is 6.14. The molecule has 2 rings (SSSR count). The largest absolute Gasteiger partial charge is 0.493 e. The molecule has 0 bridgehead atoms. The van der Waals surface area contributed by atoms with Crippen molar-refractivity contribution >= 4 is 15.7 Å². The topological polar surface area (TPSA) is 105 Å². The fraction of sp³-hybridized carbons (Fsp3) is 0.500. The molecule has 4 N–H and O–H groups in total. The van der Waals surface area contributed by atoms with Gasteiger partial charge in [-0.3, -0.25) is 0 Å². The third-order valence-corrected chi connectivity index (χ3v) is 4.10. The van der Waals surface area contributed by atoms with Gasteiger partial charge in [0, 0.05) is 19.3 Å². The van der Waals surface area contributed by atoms with E-state index in [9.17, 15) is 8.42 Å². The first-order valence-electron chi connectivity index (χ1n) is 6.09. The monoisotopic (exact) mass is 286 g/mol. The molecule has 0 atom stereocenters. The molecular formula is C12H18N2O4S. The van der Waals surface area contributed by atoms with Crippen LogP contribution in [-0.4, -0.2) is 28.2 Å². The summed E-state index contributed by atoms with van der Waals surface area (Å²) in [6.07, 6.45) is 1.95. The number of benzene rings is 1. The van der Waals surface area contributed by atoms with Gasteiger partial charge in [-0.2, -0.15) is 0 Å². The third kappa shape index (κ3) is 3.82. The normalized spacial score (nSPS) is 17.3. The summed E-state index contributed by atoms with van der Waals surface area (Å²) < 4.78 is 33.3. The van der Waals surface area contributed by atoms with Gasteiger partial charge in [-0.15, -0.1) is 0 Å². The van der Waals surface area contributed by atoms with Crippen LogP contribution in [-0.2, 0) is 14.8 Å². The van der Waals surface area contributed by atoms with Gasteiger partial charge in [-0.1, -0.05) is 0 Å². The van der Waals surface area contributed by atoms with E-state index in [0.717, 1.165) is 26.1 Å². The Kier molecular flexibility index (Phi) is 4.28. The van der Waals surface area contributed by atoms with Crippen molar-refractivity contribution in [3.63, 3.8) is 0 Å². The fourth-order valence-electron chi connectivity index (χ4n) is 2.00. The lowest BCUT2D eigenvalue weighted by Crippen LogP contribution is -2.21. The van der Waals surface area contributed by atoms with E-state index in [0.29, 0.717) is 18.3 Å². The molecule has 1 aliphatic rings. The van der Waals surface area contributed by atoms with Crippen LogP contribution >= 0.6 is 0 Å². The molecule has 19 heavy (non-hydrogen) atoms. The quantitative estimate of drug-likeness (QED) is 0.794. The van der Waals surface area contributed by atoms with Gasteiger partial charge in [-0.05, 0) is 30.9 Å². The molecule has 1 fully saturated rings. The summed E-state index contributed by atoms with van der Waals surface area (Å²) in [6, 6.07) is 4.42. The summed E-state index contributed by atoms with van der Waals surface area (Å²) in [5.41, 5.74) is 5.76. The number of ether oxygens (including phenoxy) is 2. The van der Waals surface area contributed by atoms with Crippen molar-refractivity contribution in [3.05, 3.63) is 18.2 Å². The van der Waals surface area contributed by atoms with Gasteiger partial charge in [0.1, 0.15) is 10.6 Å². The highest BCUT2D eigenvalue weighted by molar-refractivity contribution is 7.89. The second-order valence-electron chi connectivity index (χ2n) is 4.61. The maximum absolute atomic E-state index is 11.2. The summed E-state index contributed by atoms with van der Waals surface area (Å²) in [6.45, 7) is 2.11. The standard InChI is InChI=1S/C12H18N2O4S/c13-11-7-10(1-2-12(11)19(14,15)16)18-8-9-3-5-17-6-4-9/h1-2,7,9H,3-6,8,13H2,(H2,14,15,16). The molecule has 6 nitrogen and oxygen atoms in total. The molecular weight excluding hydrogens is 268 g/mol. The lowest BCUT2D eigenvalue weighted by atomic mass is 10.0. The van der Waals surface area contributed by atoms with Crippen LogP contribution in [0.25, 0.3) is 0 Å². The number of sulfonamides is 1. The Hall–Kier alpha value is -1.31. The van der Waals surface area contributed by atoms with Crippen molar-refractivity contribution in [1.82, 2.24) is 0 Å². The fourth-order valence-corrected chi connectivity index (χ4v) is 2.65. The molecule has 7 heteroatoms. The zero-order valence-corrected chi connectivity index (χ0v) is 11.4. The van der Waals surface area contributed by atoms with Crippen LogP contribution in [0.3, 0.4) is 0 Å². The van der Waals surface area contributed by atoms with Crippen LogP contribution in [0.5, 0.6) is 5.75 Å². The Morgan fingerprint density at radius 1 is 1.32 bits per heavy atom. The first-order valence-corrected chi connectivity index (χ1v) is 7.64. The van der Waals surface area contributed by atoms with Gasteiger partial charge in [0.05, 0.1) is 12.3 Å². The molecule has 0 amide bonds. The molecule has 0 aliphatic carbocycles. The van der Waals surface area contributed by atoms with Crippen molar-refractivity contribution < 1.29 is 17.9 Å². The number of rotatable bonds is 4. The molecule has 0 spiro atoms. The Bertz CT molecular complexity index is 539. The van der Waals surface area contributed by atoms with E-state index in [-0.39, 0.29) is 10.6 Å². The number of primary sulfonamides is 1. The summed E-state index contributed by atoms with van der Waals surface area (Å²) >= 11 is 0. The van der Waals surface area contributed by atoms with E-state index in [4.69, 9.17) is 20.3 Å². The molecule has 1 aliphatic heterocycles. The summed E-state index contributed by atoms with van der Waals surface area (Å²) in [7, 11) is -3.78. The van der Waals surface area contributed by atoms with Crippen LogP contribution in [0, 0.1) is 5.92 Å². The SMILES string of the molecule is Nc1cc(OCC2CCOCC2)ccc1S(N)(=O)=O. The average molecular weight is 286 g/mol. The smallest absolute Gasteiger partial charge is 0.240 e. The predicted octanol–water partition coefficient (Wildman–Crippen LogP) is 0.722. The van der Waals surface area contributed by atoms with E-state index in [1.165, 1.54) is 12.1 Å². The Labute approximate surface area is 112 Å². The van der Waals surface area contributed by atoms with Crippen molar-refractivity contribution in [3.8, 4) is 5.75 Å². The third-order valence-electron chi connectivity index (χ3n) is 3.11. The molecule has 0 radical (unpaired) electrons. The summed E-state index contributed by atoms with van der Waals surface area (Å²) in [5, 5.41) is 5.04. The Morgan fingerprint density at radius 3 is 2.58 bits per heavy atom. The van der Waals surface area contributed by atoms with Gasteiger partial charge in [0.15, 0.2) is 0 Å². The van der Waals surface area contributed by atoms with Gasteiger partial charge in [0.2, 0.25) is 10.0 Å². The maximum atomic E-state index is 11.2. The second kappa shape index (κ2) is 5.77. The van der Waals surface area contributed by atoms with Crippen LogP contribution in [0.1, 0.15) is 12.8 Å². The van der Waals surface area contributed by atoms with Gasteiger partial charge < -0.3 is 15.2 Å². The summed E-state index contributed by atoms with van der Waals surface area (Å²) in [5.74, 6) is 1.02. The number of nitrogen functional groups attached to an aromatic ring is 1. The van der Waals surface area contributed by atoms with E-state index in [1.54, 1.807) is 6.07 Å². The Morgan fingerprint density at radius 2 is 2.00 bits per heavy atom. The maximum Gasteiger partial charge on any atom is 0.240 e. The highest BCUT2D eigenvalue weighted by Gasteiger charge is 2.16. The van der Waals surface area contributed by atoms with Crippen LogP contribution in [0.15, 0.2) is 23.1 Å². The van der Waals surface area contributed by atoms with Crippen molar-refractivity contribution in [2.75, 3.05) is 25.6 Å². The Balaban J connectivity index is 2.00. The first kappa shape index (κ1) is 14.1. The minimum Gasteiger partial charge on any atom is -0.493 e. The van der Waals surface area contributed by atoms with Crippen LogP contribution in [0.4, 0.5) is 5.69 Å². The van der Waals surface area contributed by atoms with Gasteiger partial charge in [-0.25, -0.2) is 13.6 Å². The molecule has 0 unspecified atom stereocenters. The molecule has 0 aromatic heterocycles. The lowest BCUT2D eigenvalue weighted by molar-refractivity contribution is 0.0497. The highest BCUT2D eigenvalue weighted by atomic mass is 32.2. The average Bonchev–Trinajstić information content (AvgIpc) is 2.36. The number of hydrogen-bond donors (Lipinski definition) is 2. The van der Waals surface area contributed by atoms with E-state index in [2.05, 4.69) is 0 Å². The highest BCUT2D eigenvalue weighted by Crippen LogP contribution is 2.24. The molecule has 1 heterocycles. The zero-order chi connectivity index (χ0) is 13.9. The summed E-state index contributed by atoms with van der Waals surface area (Å²) in [4.78, 5) is -0.0779. The molecule has 1 aromatic rings. The van der Waals surface area contributed by atoms with Crippen molar-refractivity contribution in [2.45, 2.75) is 17.7 Å². The van der Waals surface area contributed by atoms with E-state index >= 15 is 0 Å². The predicted molar refractivity (Wildman–Crippen MR) is 71.3 cm³/mol. The van der Waals surface area contributed by atoms with Crippen molar-refractivity contribution in [2.24, 2.45) is 11.1 Å². The van der Waals surface area contributed by atoms with Crippen molar-refractivity contribution in [1.29, 1.82) is 0 Å². The first-order chi connectivity index (χ1) is 8.97. The molecule has 1 aromatic carbocycles. The van der Waals surface area contributed by atoms with Gasteiger partial charge in [0.25, 0.3) is 0 Å². The zero-order valence-electron chi connectivity index (χ0n) is 10.5.